The van der Waals surface area contributed by atoms with Gasteiger partial charge in [0.1, 0.15) is 0 Å². The Balaban J connectivity index is 1.55. The minimum atomic E-state index is -0.135. The largest absolute Gasteiger partial charge is 0.376 e. The molecular formula is C19H17Cl2N3OS. The minimum absolute atomic E-state index is 0.135. The molecule has 0 atom stereocenters. The van der Waals surface area contributed by atoms with E-state index in [0.29, 0.717) is 21.6 Å². The lowest BCUT2D eigenvalue weighted by Gasteiger charge is -2.08. The van der Waals surface area contributed by atoms with E-state index < -0.39 is 0 Å². The molecule has 0 aliphatic carbocycles. The second kappa shape index (κ2) is 8.54. The number of hydrogen-bond donors (Lipinski definition) is 2. The zero-order chi connectivity index (χ0) is 18.5. The first-order valence-corrected chi connectivity index (χ1v) is 9.56. The van der Waals surface area contributed by atoms with E-state index in [4.69, 9.17) is 23.2 Å². The number of carbonyl (C=O) groups is 1. The molecule has 1 heterocycles. The molecular weight excluding hydrogens is 389 g/mol. The van der Waals surface area contributed by atoms with Gasteiger partial charge in [0.15, 0.2) is 5.13 Å². The third-order valence-corrected chi connectivity index (χ3v) is 5.40. The lowest BCUT2D eigenvalue weighted by molar-refractivity contribution is -0.114. The van der Waals surface area contributed by atoms with Crippen LogP contribution in [-0.2, 0) is 11.2 Å². The highest BCUT2D eigenvalue weighted by molar-refractivity contribution is 7.15. The van der Waals surface area contributed by atoms with Gasteiger partial charge >= 0.3 is 0 Å². The summed E-state index contributed by atoms with van der Waals surface area (Å²) in [7, 11) is 0. The minimum Gasteiger partial charge on any atom is -0.376 e. The van der Waals surface area contributed by atoms with Crippen LogP contribution in [0.5, 0.6) is 0 Å². The van der Waals surface area contributed by atoms with E-state index in [2.05, 4.69) is 15.6 Å². The maximum Gasteiger partial charge on any atom is 0.245 e. The van der Waals surface area contributed by atoms with Crippen molar-refractivity contribution in [1.82, 2.24) is 4.98 Å². The van der Waals surface area contributed by atoms with E-state index in [1.54, 1.807) is 12.3 Å². The van der Waals surface area contributed by atoms with Crippen LogP contribution in [0, 0.1) is 6.92 Å². The molecule has 0 fully saturated rings. The van der Waals surface area contributed by atoms with Gasteiger partial charge in [-0.15, -0.1) is 11.3 Å². The highest BCUT2D eigenvalue weighted by atomic mass is 35.5. The van der Waals surface area contributed by atoms with Crippen LogP contribution in [0.2, 0.25) is 10.0 Å². The molecule has 134 valence electrons. The van der Waals surface area contributed by atoms with E-state index in [9.17, 15) is 4.79 Å². The predicted molar refractivity (Wildman–Crippen MR) is 110 cm³/mol. The first kappa shape index (κ1) is 18.7. The molecule has 0 aliphatic heterocycles. The Morgan fingerprint density at radius 2 is 1.96 bits per heavy atom. The number of para-hydroxylation sites is 1. The summed E-state index contributed by atoms with van der Waals surface area (Å²) in [5.74, 6) is -0.135. The zero-order valence-electron chi connectivity index (χ0n) is 14.1. The van der Waals surface area contributed by atoms with Crippen molar-refractivity contribution in [3.05, 3.63) is 74.7 Å². The topological polar surface area (TPSA) is 54.0 Å². The van der Waals surface area contributed by atoms with Crippen molar-refractivity contribution in [1.29, 1.82) is 0 Å². The zero-order valence-corrected chi connectivity index (χ0v) is 16.4. The standard InChI is InChI=1S/C19H17Cl2N3OS/c1-12-4-2-3-5-17(12)22-11-18(25)24-19-23-10-14(26-19)8-13-6-7-15(20)16(21)9-13/h2-7,9-10,22H,8,11H2,1H3,(H,23,24,25). The number of thiazole rings is 1. The second-order valence-electron chi connectivity index (χ2n) is 5.77. The number of nitrogens with one attached hydrogen (secondary N) is 2. The summed E-state index contributed by atoms with van der Waals surface area (Å²) < 4.78 is 0. The molecule has 4 nitrogen and oxygen atoms in total. The van der Waals surface area contributed by atoms with Crippen molar-refractivity contribution in [2.45, 2.75) is 13.3 Å². The Morgan fingerprint density at radius 1 is 1.15 bits per heavy atom. The van der Waals surface area contributed by atoms with Crippen LogP contribution in [0.15, 0.2) is 48.7 Å². The normalized spacial score (nSPS) is 10.6. The lowest BCUT2D eigenvalue weighted by atomic mass is 10.1. The van der Waals surface area contributed by atoms with Gasteiger partial charge in [-0.25, -0.2) is 4.98 Å². The number of amides is 1. The second-order valence-corrected chi connectivity index (χ2v) is 7.70. The Kier molecular flexibility index (Phi) is 6.14. The first-order chi connectivity index (χ1) is 12.5. The van der Waals surface area contributed by atoms with Gasteiger partial charge in [0.05, 0.1) is 16.6 Å². The van der Waals surface area contributed by atoms with E-state index >= 15 is 0 Å². The van der Waals surface area contributed by atoms with Gasteiger partial charge in [-0.3, -0.25) is 4.79 Å². The fourth-order valence-corrected chi connectivity index (χ4v) is 3.59. The summed E-state index contributed by atoms with van der Waals surface area (Å²) in [4.78, 5) is 17.4. The average Bonchev–Trinajstić information content (AvgIpc) is 3.04. The molecule has 7 heteroatoms. The SMILES string of the molecule is Cc1ccccc1NCC(=O)Nc1ncc(Cc2ccc(Cl)c(Cl)c2)s1. The van der Waals surface area contributed by atoms with Gasteiger partial charge < -0.3 is 10.6 Å². The molecule has 2 N–H and O–H groups in total. The maximum absolute atomic E-state index is 12.1. The van der Waals surface area contributed by atoms with E-state index in [1.807, 2.05) is 43.3 Å². The first-order valence-electron chi connectivity index (χ1n) is 7.99. The Labute approximate surface area is 166 Å². The number of aromatic nitrogens is 1. The summed E-state index contributed by atoms with van der Waals surface area (Å²) in [6.07, 6.45) is 2.45. The van der Waals surface area contributed by atoms with Crippen LogP contribution < -0.4 is 10.6 Å². The molecule has 26 heavy (non-hydrogen) atoms. The molecule has 2 aromatic carbocycles. The van der Waals surface area contributed by atoms with Crippen molar-refractivity contribution in [2.75, 3.05) is 17.2 Å². The number of benzene rings is 2. The van der Waals surface area contributed by atoms with Gasteiger partial charge in [-0.1, -0.05) is 47.5 Å². The number of rotatable bonds is 6. The van der Waals surface area contributed by atoms with Crippen LogP contribution in [0.3, 0.4) is 0 Å². The fraction of sp³-hybridized carbons (Fsp3) is 0.158. The van der Waals surface area contributed by atoms with Crippen molar-refractivity contribution in [3.63, 3.8) is 0 Å². The summed E-state index contributed by atoms with van der Waals surface area (Å²) >= 11 is 13.4. The van der Waals surface area contributed by atoms with E-state index in [1.165, 1.54) is 11.3 Å². The summed E-state index contributed by atoms with van der Waals surface area (Å²) in [6, 6.07) is 13.4. The molecule has 1 aromatic heterocycles. The van der Waals surface area contributed by atoms with Crippen LogP contribution in [0.4, 0.5) is 10.8 Å². The summed E-state index contributed by atoms with van der Waals surface area (Å²) in [5.41, 5.74) is 3.09. The van der Waals surface area contributed by atoms with Crippen LogP contribution >= 0.6 is 34.5 Å². The van der Waals surface area contributed by atoms with E-state index in [-0.39, 0.29) is 12.5 Å². The molecule has 0 aliphatic rings. The molecule has 3 rings (SSSR count). The third-order valence-electron chi connectivity index (χ3n) is 3.75. The van der Waals surface area contributed by atoms with Crippen LogP contribution in [0.25, 0.3) is 0 Å². The van der Waals surface area contributed by atoms with Gasteiger partial charge in [-0.05, 0) is 36.2 Å². The van der Waals surface area contributed by atoms with Gasteiger partial charge in [0.2, 0.25) is 5.91 Å². The number of carbonyl (C=O) groups excluding carboxylic acids is 1. The van der Waals surface area contributed by atoms with Gasteiger partial charge in [0, 0.05) is 23.2 Å². The molecule has 3 aromatic rings. The molecule has 0 spiro atoms. The molecule has 0 unspecified atom stereocenters. The van der Waals surface area contributed by atoms with Crippen molar-refractivity contribution >= 4 is 51.3 Å². The highest BCUT2D eigenvalue weighted by Crippen LogP contribution is 2.26. The van der Waals surface area contributed by atoms with Crippen molar-refractivity contribution < 1.29 is 4.79 Å². The van der Waals surface area contributed by atoms with Crippen molar-refractivity contribution in [2.24, 2.45) is 0 Å². The number of anilines is 2. The van der Waals surface area contributed by atoms with Crippen molar-refractivity contribution in [3.8, 4) is 0 Å². The number of nitrogens with zero attached hydrogens (tertiary/aromatic N) is 1. The van der Waals surface area contributed by atoms with Crippen LogP contribution in [-0.4, -0.2) is 17.4 Å². The lowest BCUT2D eigenvalue weighted by Crippen LogP contribution is -2.21. The van der Waals surface area contributed by atoms with Gasteiger partial charge in [0.25, 0.3) is 0 Å². The Morgan fingerprint density at radius 3 is 2.73 bits per heavy atom. The van der Waals surface area contributed by atoms with E-state index in [0.717, 1.165) is 21.7 Å². The summed E-state index contributed by atoms with van der Waals surface area (Å²) in [6.45, 7) is 2.18. The maximum atomic E-state index is 12.1. The highest BCUT2D eigenvalue weighted by Gasteiger charge is 2.09. The molecule has 0 saturated heterocycles. The fourth-order valence-electron chi connectivity index (χ4n) is 2.41. The number of aryl methyl sites for hydroxylation is 1. The van der Waals surface area contributed by atoms with Gasteiger partial charge in [-0.2, -0.15) is 0 Å². The average molecular weight is 406 g/mol. The smallest absolute Gasteiger partial charge is 0.245 e. The summed E-state index contributed by atoms with van der Waals surface area (Å²) in [5, 5.41) is 7.59. The van der Waals surface area contributed by atoms with Crippen LogP contribution in [0.1, 0.15) is 16.0 Å². The number of hydrogen-bond acceptors (Lipinski definition) is 4. The quantitative estimate of drug-likeness (QED) is 0.576. The monoisotopic (exact) mass is 405 g/mol. The Bertz CT molecular complexity index is 927. The molecule has 0 radical (unpaired) electrons. The molecule has 0 saturated carbocycles. The Hall–Kier alpha value is -2.08. The molecule has 0 bridgehead atoms. The predicted octanol–water partition coefficient (Wildman–Crippen LogP) is 5.40. The number of halogens is 2. The molecule has 1 amide bonds. The third kappa shape index (κ3) is 4.97.